The first-order valence-corrected chi connectivity index (χ1v) is 11.5. The third-order valence-electron chi connectivity index (χ3n) is 4.43. The van der Waals surface area contributed by atoms with Crippen molar-refractivity contribution in [1.29, 1.82) is 0 Å². The number of guanidine groups is 1. The smallest absolute Gasteiger partial charge is 0.247 e. The summed E-state index contributed by atoms with van der Waals surface area (Å²) in [6.45, 7) is 4.10. The molecule has 1 unspecified atom stereocenters. The van der Waals surface area contributed by atoms with Gasteiger partial charge < -0.3 is 15.5 Å². The number of aliphatic imine (C=N–C) groups is 1. The largest absolute Gasteiger partial charge is 0.367 e. The fourth-order valence-corrected chi connectivity index (χ4v) is 4.80. The van der Waals surface area contributed by atoms with Crippen LogP contribution in [0.4, 0.5) is 14.5 Å². The van der Waals surface area contributed by atoms with E-state index in [2.05, 4.69) is 15.6 Å². The fraction of sp³-hybridized carbons (Fsp3) is 0.389. The van der Waals surface area contributed by atoms with Crippen LogP contribution >= 0.6 is 11.3 Å². The second kappa shape index (κ2) is 9.06. The SMILES string of the molecule is CCNC(=NCc1ccc(S(N)(=O)=O)s1)NC1CCN(c2ccc(F)cc2F)C1. The van der Waals surface area contributed by atoms with Crippen molar-refractivity contribution in [2.24, 2.45) is 10.1 Å². The Morgan fingerprint density at radius 1 is 1.34 bits per heavy atom. The van der Waals surface area contributed by atoms with Gasteiger partial charge in [-0.15, -0.1) is 11.3 Å². The molecule has 1 aromatic heterocycles. The maximum atomic E-state index is 14.0. The number of anilines is 1. The van der Waals surface area contributed by atoms with Crippen LogP contribution in [0.3, 0.4) is 0 Å². The molecule has 2 heterocycles. The summed E-state index contributed by atoms with van der Waals surface area (Å²) in [6.07, 6.45) is 0.774. The van der Waals surface area contributed by atoms with Crippen LogP contribution in [0.2, 0.25) is 0 Å². The van der Waals surface area contributed by atoms with Crippen molar-refractivity contribution >= 4 is 33.0 Å². The minimum absolute atomic E-state index is 0.0422. The van der Waals surface area contributed by atoms with Crippen LogP contribution in [0.15, 0.2) is 39.5 Å². The minimum Gasteiger partial charge on any atom is -0.367 e. The molecule has 29 heavy (non-hydrogen) atoms. The number of hydrogen-bond acceptors (Lipinski definition) is 5. The molecule has 1 aromatic carbocycles. The van der Waals surface area contributed by atoms with Crippen molar-refractivity contribution < 1.29 is 17.2 Å². The van der Waals surface area contributed by atoms with Gasteiger partial charge in [-0.1, -0.05) is 0 Å². The monoisotopic (exact) mass is 443 g/mol. The van der Waals surface area contributed by atoms with Crippen LogP contribution in [0.5, 0.6) is 0 Å². The molecule has 1 atom stereocenters. The molecule has 0 aliphatic carbocycles. The normalized spacial score (nSPS) is 17.6. The molecule has 0 bridgehead atoms. The van der Waals surface area contributed by atoms with Gasteiger partial charge in [0, 0.05) is 36.6 Å². The zero-order chi connectivity index (χ0) is 21.0. The Labute approximate surface area is 172 Å². The number of halogens is 2. The number of benzene rings is 1. The summed E-state index contributed by atoms with van der Waals surface area (Å²) in [4.78, 5) is 7.14. The lowest BCUT2D eigenvalue weighted by Crippen LogP contribution is -2.44. The highest BCUT2D eigenvalue weighted by Gasteiger charge is 2.25. The highest BCUT2D eigenvalue weighted by Crippen LogP contribution is 2.24. The van der Waals surface area contributed by atoms with Crippen LogP contribution in [0, 0.1) is 11.6 Å². The molecule has 0 saturated carbocycles. The molecule has 7 nitrogen and oxygen atoms in total. The molecule has 158 valence electrons. The van der Waals surface area contributed by atoms with E-state index in [4.69, 9.17) is 5.14 Å². The van der Waals surface area contributed by atoms with Crippen molar-refractivity contribution in [3.63, 3.8) is 0 Å². The second-order valence-electron chi connectivity index (χ2n) is 6.63. The fourth-order valence-electron chi connectivity index (χ4n) is 3.10. The predicted octanol–water partition coefficient (Wildman–Crippen LogP) is 2.01. The van der Waals surface area contributed by atoms with E-state index >= 15 is 0 Å². The lowest BCUT2D eigenvalue weighted by molar-refractivity contribution is 0.580. The van der Waals surface area contributed by atoms with Gasteiger partial charge in [-0.25, -0.2) is 27.3 Å². The minimum atomic E-state index is -3.71. The van der Waals surface area contributed by atoms with Crippen LogP contribution < -0.4 is 20.7 Å². The summed E-state index contributed by atoms with van der Waals surface area (Å²) in [7, 11) is -3.71. The molecular formula is C18H23F2N5O2S2. The molecule has 4 N–H and O–H groups in total. The number of sulfonamides is 1. The highest BCUT2D eigenvalue weighted by molar-refractivity contribution is 7.91. The number of thiophene rings is 1. The van der Waals surface area contributed by atoms with Gasteiger partial charge in [-0.2, -0.15) is 0 Å². The number of nitrogens with two attached hydrogens (primary N) is 1. The third-order valence-corrected chi connectivity index (χ3v) is 6.94. The van der Waals surface area contributed by atoms with E-state index in [1.165, 1.54) is 18.2 Å². The first kappa shape index (κ1) is 21.5. The number of rotatable bonds is 6. The number of nitrogens with zero attached hydrogens (tertiary/aromatic N) is 2. The van der Waals surface area contributed by atoms with Gasteiger partial charge >= 0.3 is 0 Å². The molecule has 1 saturated heterocycles. The van der Waals surface area contributed by atoms with E-state index in [1.807, 2.05) is 11.8 Å². The Morgan fingerprint density at radius 2 is 2.14 bits per heavy atom. The molecule has 1 aliphatic rings. The van der Waals surface area contributed by atoms with Crippen molar-refractivity contribution in [2.75, 3.05) is 24.5 Å². The van der Waals surface area contributed by atoms with Crippen molar-refractivity contribution in [3.05, 3.63) is 46.8 Å². The second-order valence-corrected chi connectivity index (χ2v) is 9.59. The summed E-state index contributed by atoms with van der Waals surface area (Å²) >= 11 is 1.09. The Hall–Kier alpha value is -2.24. The van der Waals surface area contributed by atoms with E-state index in [-0.39, 0.29) is 10.3 Å². The van der Waals surface area contributed by atoms with Gasteiger partial charge in [0.15, 0.2) is 5.96 Å². The molecular weight excluding hydrogens is 420 g/mol. The summed E-state index contributed by atoms with van der Waals surface area (Å²) in [5.74, 6) is -0.583. The average molecular weight is 444 g/mol. The van der Waals surface area contributed by atoms with Gasteiger partial charge in [0.25, 0.3) is 0 Å². The lowest BCUT2D eigenvalue weighted by Gasteiger charge is -2.21. The van der Waals surface area contributed by atoms with Gasteiger partial charge in [-0.05, 0) is 37.6 Å². The van der Waals surface area contributed by atoms with E-state index in [0.717, 1.165) is 28.7 Å². The quantitative estimate of drug-likeness (QED) is 0.469. The standard InChI is InChI=1S/C18H23F2N5O2S2/c1-2-22-18(23-10-14-4-6-17(28-14)29(21,26)27)24-13-7-8-25(11-13)16-5-3-12(19)9-15(16)20/h3-6,9,13H,2,7-8,10-11H2,1H3,(H2,21,26,27)(H2,22,23,24). The first-order chi connectivity index (χ1) is 13.8. The molecule has 0 radical (unpaired) electrons. The van der Waals surface area contributed by atoms with E-state index in [9.17, 15) is 17.2 Å². The average Bonchev–Trinajstić information content (AvgIpc) is 3.29. The first-order valence-electron chi connectivity index (χ1n) is 9.12. The van der Waals surface area contributed by atoms with Crippen molar-refractivity contribution in [2.45, 2.75) is 30.1 Å². The van der Waals surface area contributed by atoms with Crippen LogP contribution in [-0.4, -0.2) is 40.1 Å². The molecule has 11 heteroatoms. The van der Waals surface area contributed by atoms with Gasteiger partial charge in [0.2, 0.25) is 10.0 Å². The van der Waals surface area contributed by atoms with Crippen LogP contribution in [-0.2, 0) is 16.6 Å². The van der Waals surface area contributed by atoms with Gasteiger partial charge in [0.05, 0.1) is 12.2 Å². The maximum absolute atomic E-state index is 14.0. The van der Waals surface area contributed by atoms with Gasteiger partial charge in [0.1, 0.15) is 15.8 Å². The van der Waals surface area contributed by atoms with E-state index < -0.39 is 21.7 Å². The Kier molecular flexibility index (Phi) is 6.70. The van der Waals surface area contributed by atoms with Crippen molar-refractivity contribution in [3.8, 4) is 0 Å². The Morgan fingerprint density at radius 3 is 2.79 bits per heavy atom. The number of nitrogens with one attached hydrogen (secondary N) is 2. The van der Waals surface area contributed by atoms with E-state index in [0.29, 0.717) is 37.8 Å². The topological polar surface area (TPSA) is 99.8 Å². The van der Waals surface area contributed by atoms with Gasteiger partial charge in [-0.3, -0.25) is 0 Å². The maximum Gasteiger partial charge on any atom is 0.247 e. The summed E-state index contributed by atoms with van der Waals surface area (Å²) in [5.41, 5.74) is 0.381. The predicted molar refractivity (Wildman–Crippen MR) is 111 cm³/mol. The number of hydrogen-bond donors (Lipinski definition) is 3. The third kappa shape index (κ3) is 5.64. The van der Waals surface area contributed by atoms with E-state index in [1.54, 1.807) is 6.07 Å². The van der Waals surface area contributed by atoms with Crippen molar-refractivity contribution in [1.82, 2.24) is 10.6 Å². The summed E-state index contributed by atoms with van der Waals surface area (Å²) < 4.78 is 50.0. The summed E-state index contributed by atoms with van der Waals surface area (Å²) in [6, 6.07) is 6.79. The Balaban J connectivity index is 1.63. The lowest BCUT2D eigenvalue weighted by atomic mass is 10.2. The molecule has 0 spiro atoms. The zero-order valence-electron chi connectivity index (χ0n) is 15.9. The molecule has 3 rings (SSSR count). The summed E-state index contributed by atoms with van der Waals surface area (Å²) in [5, 5.41) is 11.6. The Bertz CT molecular complexity index is 994. The molecule has 1 fully saturated rings. The van der Waals surface area contributed by atoms with Crippen LogP contribution in [0.1, 0.15) is 18.2 Å². The highest BCUT2D eigenvalue weighted by atomic mass is 32.2. The molecule has 0 amide bonds. The van der Waals surface area contributed by atoms with Crippen LogP contribution in [0.25, 0.3) is 0 Å². The number of primary sulfonamides is 1. The molecule has 1 aliphatic heterocycles. The zero-order valence-corrected chi connectivity index (χ0v) is 17.5. The molecule has 2 aromatic rings.